The molecule has 2 rings (SSSR count). The Hall–Kier alpha value is -2.56. The van der Waals surface area contributed by atoms with Crippen LogP contribution in [-0.4, -0.2) is 16.7 Å². The van der Waals surface area contributed by atoms with Gasteiger partial charge >= 0.3 is 0 Å². The Bertz CT molecular complexity index is 641. The normalized spacial score (nSPS) is 10.0. The largest absolute Gasteiger partial charge is 0.320 e. The molecule has 19 heavy (non-hydrogen) atoms. The van der Waals surface area contributed by atoms with Crippen LogP contribution in [0.5, 0.6) is 0 Å². The van der Waals surface area contributed by atoms with E-state index in [0.29, 0.717) is 11.3 Å². The Morgan fingerprint density at radius 3 is 2.58 bits per heavy atom. The van der Waals surface area contributed by atoms with Crippen molar-refractivity contribution in [1.82, 2.24) is 4.98 Å². The van der Waals surface area contributed by atoms with Crippen LogP contribution in [0.25, 0.3) is 0 Å². The monoisotopic (exact) mass is 258 g/mol. The van der Waals surface area contributed by atoms with Gasteiger partial charge in [0.25, 0.3) is 5.91 Å². The van der Waals surface area contributed by atoms with E-state index in [2.05, 4.69) is 10.3 Å². The zero-order chi connectivity index (χ0) is 13.8. The van der Waals surface area contributed by atoms with Crippen LogP contribution in [0.4, 0.5) is 10.1 Å². The lowest BCUT2D eigenvalue weighted by atomic mass is 10.1. The van der Waals surface area contributed by atoms with Crippen LogP contribution < -0.4 is 5.32 Å². The standard InChI is InChI=1S/C14H11FN2O2/c1-9(18)10-5-2-3-7-12(10)17-14(19)13-11(15)6-4-8-16-13/h2-8H,1H3,(H,17,19). The third-order valence-corrected chi connectivity index (χ3v) is 2.53. The maximum Gasteiger partial charge on any atom is 0.277 e. The molecule has 0 saturated carbocycles. The van der Waals surface area contributed by atoms with Gasteiger partial charge < -0.3 is 5.32 Å². The first kappa shape index (κ1) is 12.9. The summed E-state index contributed by atoms with van der Waals surface area (Å²) in [5, 5.41) is 2.49. The maximum absolute atomic E-state index is 13.4. The second-order valence-electron chi connectivity index (χ2n) is 3.89. The number of nitrogens with zero attached hydrogens (tertiary/aromatic N) is 1. The molecule has 0 atom stereocenters. The average Bonchev–Trinajstić information content (AvgIpc) is 2.39. The van der Waals surface area contributed by atoms with Gasteiger partial charge in [-0.3, -0.25) is 9.59 Å². The summed E-state index contributed by atoms with van der Waals surface area (Å²) in [4.78, 5) is 27.0. The summed E-state index contributed by atoms with van der Waals surface area (Å²) < 4.78 is 13.4. The number of pyridine rings is 1. The minimum atomic E-state index is -0.708. The first-order valence-corrected chi connectivity index (χ1v) is 5.61. The number of aromatic nitrogens is 1. The lowest BCUT2D eigenvalue weighted by molar-refractivity contribution is 0.101. The van der Waals surface area contributed by atoms with Gasteiger partial charge in [-0.2, -0.15) is 0 Å². The van der Waals surface area contributed by atoms with Gasteiger partial charge in [0, 0.05) is 11.8 Å². The zero-order valence-electron chi connectivity index (χ0n) is 10.2. The molecule has 0 aliphatic carbocycles. The summed E-state index contributed by atoms with van der Waals surface area (Å²) in [7, 11) is 0. The van der Waals surface area contributed by atoms with Crippen molar-refractivity contribution in [2.75, 3.05) is 5.32 Å². The van der Waals surface area contributed by atoms with E-state index in [1.807, 2.05) is 0 Å². The van der Waals surface area contributed by atoms with E-state index in [1.54, 1.807) is 24.3 Å². The molecule has 4 nitrogen and oxygen atoms in total. The van der Waals surface area contributed by atoms with E-state index in [9.17, 15) is 14.0 Å². The first-order chi connectivity index (χ1) is 9.09. The van der Waals surface area contributed by atoms with Gasteiger partial charge in [0.1, 0.15) is 0 Å². The fourth-order valence-corrected chi connectivity index (χ4v) is 1.63. The quantitative estimate of drug-likeness (QED) is 0.861. The van der Waals surface area contributed by atoms with Gasteiger partial charge in [0.2, 0.25) is 0 Å². The van der Waals surface area contributed by atoms with Crippen LogP contribution >= 0.6 is 0 Å². The van der Waals surface area contributed by atoms with E-state index in [0.717, 1.165) is 6.07 Å². The van der Waals surface area contributed by atoms with Crippen molar-refractivity contribution < 1.29 is 14.0 Å². The van der Waals surface area contributed by atoms with Crippen molar-refractivity contribution in [3.8, 4) is 0 Å². The summed E-state index contributed by atoms with van der Waals surface area (Å²) in [6, 6.07) is 9.08. The number of carbonyl (C=O) groups excluding carboxylic acids is 2. The summed E-state index contributed by atoms with van der Waals surface area (Å²) >= 11 is 0. The molecule has 1 amide bonds. The van der Waals surface area contributed by atoms with Crippen molar-refractivity contribution in [3.63, 3.8) is 0 Å². The van der Waals surface area contributed by atoms with Crippen LogP contribution in [0.1, 0.15) is 27.8 Å². The second kappa shape index (κ2) is 5.39. The SMILES string of the molecule is CC(=O)c1ccccc1NC(=O)c1ncccc1F. The fraction of sp³-hybridized carbons (Fsp3) is 0.0714. The summed E-state index contributed by atoms with van der Waals surface area (Å²) in [5.41, 5.74) is 0.401. The van der Waals surface area contributed by atoms with Gasteiger partial charge in [-0.15, -0.1) is 0 Å². The maximum atomic E-state index is 13.4. The molecule has 0 aliphatic heterocycles. The molecular formula is C14H11FN2O2. The molecule has 0 radical (unpaired) electrons. The third-order valence-electron chi connectivity index (χ3n) is 2.53. The second-order valence-corrected chi connectivity index (χ2v) is 3.89. The molecule has 0 spiro atoms. The van der Waals surface area contributed by atoms with Crippen LogP contribution in [0.2, 0.25) is 0 Å². The molecule has 2 aromatic rings. The minimum Gasteiger partial charge on any atom is -0.320 e. The number of halogens is 1. The molecule has 0 fully saturated rings. The summed E-state index contributed by atoms with van der Waals surface area (Å²) in [6.07, 6.45) is 1.33. The molecule has 1 aromatic heterocycles. The number of rotatable bonds is 3. The molecule has 0 bridgehead atoms. The Labute approximate surface area is 109 Å². The van der Waals surface area contributed by atoms with Crippen molar-refractivity contribution in [2.45, 2.75) is 6.92 Å². The van der Waals surface area contributed by atoms with Crippen molar-refractivity contribution in [2.24, 2.45) is 0 Å². The van der Waals surface area contributed by atoms with Gasteiger partial charge in [-0.05, 0) is 31.2 Å². The fourth-order valence-electron chi connectivity index (χ4n) is 1.63. The van der Waals surface area contributed by atoms with Crippen molar-refractivity contribution in [1.29, 1.82) is 0 Å². The summed E-state index contributed by atoms with van der Waals surface area (Å²) in [5.74, 6) is -1.58. The Balaban J connectivity index is 2.30. The Morgan fingerprint density at radius 2 is 1.89 bits per heavy atom. The molecule has 0 unspecified atom stereocenters. The molecule has 0 aliphatic rings. The van der Waals surface area contributed by atoms with Gasteiger partial charge in [0.15, 0.2) is 17.3 Å². The van der Waals surface area contributed by atoms with Crippen LogP contribution in [-0.2, 0) is 0 Å². The minimum absolute atomic E-state index is 0.183. The van der Waals surface area contributed by atoms with Crippen LogP contribution in [0.3, 0.4) is 0 Å². The number of para-hydroxylation sites is 1. The first-order valence-electron chi connectivity index (χ1n) is 5.61. The molecule has 1 aromatic carbocycles. The number of Topliss-reactive ketones (excluding diaryl/α,β-unsaturated/α-hetero) is 1. The van der Waals surface area contributed by atoms with E-state index in [-0.39, 0.29) is 11.5 Å². The highest BCUT2D eigenvalue weighted by molar-refractivity contribution is 6.08. The van der Waals surface area contributed by atoms with Crippen molar-refractivity contribution in [3.05, 3.63) is 59.7 Å². The molecule has 0 saturated heterocycles. The van der Waals surface area contributed by atoms with Crippen molar-refractivity contribution >= 4 is 17.4 Å². The highest BCUT2D eigenvalue weighted by atomic mass is 19.1. The van der Waals surface area contributed by atoms with Crippen LogP contribution in [0, 0.1) is 5.82 Å². The predicted molar refractivity (Wildman–Crippen MR) is 68.6 cm³/mol. The zero-order valence-corrected chi connectivity index (χ0v) is 10.2. The van der Waals surface area contributed by atoms with E-state index < -0.39 is 11.7 Å². The van der Waals surface area contributed by atoms with E-state index in [4.69, 9.17) is 0 Å². The third kappa shape index (κ3) is 2.82. The molecule has 96 valence electrons. The number of nitrogens with one attached hydrogen (secondary N) is 1. The average molecular weight is 258 g/mol. The van der Waals surface area contributed by atoms with Gasteiger partial charge in [-0.25, -0.2) is 9.37 Å². The van der Waals surface area contributed by atoms with Crippen LogP contribution in [0.15, 0.2) is 42.6 Å². The molecular weight excluding hydrogens is 247 g/mol. The number of carbonyl (C=O) groups is 2. The predicted octanol–water partition coefficient (Wildman–Crippen LogP) is 2.68. The highest BCUT2D eigenvalue weighted by Gasteiger charge is 2.15. The molecule has 5 heteroatoms. The van der Waals surface area contributed by atoms with Gasteiger partial charge in [-0.1, -0.05) is 12.1 Å². The smallest absolute Gasteiger partial charge is 0.277 e. The van der Waals surface area contributed by atoms with Gasteiger partial charge in [0.05, 0.1) is 5.69 Å². The number of amides is 1. The summed E-state index contributed by atoms with van der Waals surface area (Å²) in [6.45, 7) is 1.40. The number of benzene rings is 1. The molecule has 1 N–H and O–H groups in total. The number of hydrogen-bond acceptors (Lipinski definition) is 3. The number of ketones is 1. The lowest BCUT2D eigenvalue weighted by Gasteiger charge is -2.08. The van der Waals surface area contributed by atoms with E-state index >= 15 is 0 Å². The Morgan fingerprint density at radius 1 is 1.16 bits per heavy atom. The number of anilines is 1. The van der Waals surface area contributed by atoms with E-state index in [1.165, 1.54) is 19.2 Å². The highest BCUT2D eigenvalue weighted by Crippen LogP contribution is 2.16. The lowest BCUT2D eigenvalue weighted by Crippen LogP contribution is -2.17. The topological polar surface area (TPSA) is 59.1 Å². The molecule has 1 heterocycles. The Kier molecular flexibility index (Phi) is 3.66. The number of hydrogen-bond donors (Lipinski definition) is 1.